The molecule has 1 N–H and O–H groups in total. The first-order valence-corrected chi connectivity index (χ1v) is 15.9. The molecule has 0 spiro atoms. The monoisotopic (exact) mass is 572 g/mol. The number of ketones is 1. The van der Waals surface area contributed by atoms with Crippen LogP contribution in [0.25, 0.3) is 16.9 Å². The Morgan fingerprint density at radius 1 is 1.12 bits per heavy atom. The van der Waals surface area contributed by atoms with Gasteiger partial charge in [0.2, 0.25) is 5.95 Å². The maximum Gasteiger partial charge on any atom is 0.278 e. The summed E-state index contributed by atoms with van der Waals surface area (Å²) in [5, 5.41) is 3.58. The highest BCUT2D eigenvalue weighted by Crippen LogP contribution is 2.31. The number of carbonyl (C=O) groups excluding carboxylic acids is 1. The van der Waals surface area contributed by atoms with Crippen molar-refractivity contribution in [3.63, 3.8) is 0 Å². The van der Waals surface area contributed by atoms with Crippen molar-refractivity contribution in [2.75, 3.05) is 30.9 Å². The lowest BCUT2D eigenvalue weighted by Gasteiger charge is -2.44. The fourth-order valence-electron chi connectivity index (χ4n) is 5.72. The molecule has 2 bridgehead atoms. The zero-order valence-corrected chi connectivity index (χ0v) is 23.9. The van der Waals surface area contributed by atoms with E-state index in [1.807, 2.05) is 24.3 Å². The lowest BCUT2D eigenvalue weighted by molar-refractivity contribution is -0.136. The maximum atomic E-state index is 13.3. The van der Waals surface area contributed by atoms with E-state index in [2.05, 4.69) is 31.1 Å². The van der Waals surface area contributed by atoms with Gasteiger partial charge in [-0.25, -0.2) is 23.5 Å². The molecule has 1 aromatic carbocycles. The van der Waals surface area contributed by atoms with Crippen molar-refractivity contribution in [2.24, 2.45) is 10.3 Å². The van der Waals surface area contributed by atoms with Crippen molar-refractivity contribution in [1.29, 1.82) is 0 Å². The van der Waals surface area contributed by atoms with Crippen molar-refractivity contribution >= 4 is 44.0 Å². The third-order valence-corrected chi connectivity index (χ3v) is 8.17. The van der Waals surface area contributed by atoms with Crippen LogP contribution >= 0.6 is 0 Å². The highest BCUT2D eigenvalue weighted by molar-refractivity contribution is 7.92. The molecule has 3 aliphatic rings. The number of piperidine rings is 3. The molecule has 3 saturated heterocycles. The molecule has 1 atom stereocenters. The predicted octanol–water partition coefficient (Wildman–Crippen LogP) is 3.47. The number of benzene rings is 1. The van der Waals surface area contributed by atoms with E-state index in [0.717, 1.165) is 37.2 Å². The van der Waals surface area contributed by atoms with E-state index in [-0.39, 0.29) is 24.1 Å². The van der Waals surface area contributed by atoms with Gasteiger partial charge in [0.1, 0.15) is 5.39 Å². The molecule has 7 rings (SSSR count). The number of anilines is 2. The van der Waals surface area contributed by atoms with Gasteiger partial charge in [0, 0.05) is 40.0 Å². The number of aromatic nitrogens is 5. The zero-order valence-electron chi connectivity index (χ0n) is 23.1. The maximum absolute atomic E-state index is 13.3. The van der Waals surface area contributed by atoms with Crippen LogP contribution in [0.15, 0.2) is 70.5 Å². The van der Waals surface area contributed by atoms with Gasteiger partial charge in [-0.05, 0) is 62.2 Å². The molecule has 1 unspecified atom stereocenters. The smallest absolute Gasteiger partial charge is 0.278 e. The molecular formula is C29H32N8O3S. The number of nitrogens with zero attached hydrogens (tertiary/aromatic N) is 7. The average Bonchev–Trinajstić information content (AvgIpc) is 3.21. The number of rotatable bonds is 8. The lowest BCUT2D eigenvalue weighted by atomic mass is 9.80. The normalized spacial score (nSPS) is 20.3. The predicted molar refractivity (Wildman–Crippen MR) is 160 cm³/mol. The van der Waals surface area contributed by atoms with Gasteiger partial charge in [-0.15, -0.1) is 6.58 Å². The van der Waals surface area contributed by atoms with Crippen LogP contribution in [0.1, 0.15) is 18.4 Å². The number of hydrogen-bond acceptors (Lipinski definition) is 9. The van der Waals surface area contributed by atoms with Gasteiger partial charge in [-0.3, -0.25) is 14.5 Å². The van der Waals surface area contributed by atoms with Crippen LogP contribution in [0.4, 0.5) is 17.5 Å². The van der Waals surface area contributed by atoms with Gasteiger partial charge in [0.05, 0.1) is 12.6 Å². The molecule has 3 aliphatic heterocycles. The van der Waals surface area contributed by atoms with Crippen LogP contribution in [-0.2, 0) is 27.5 Å². The first kappa shape index (κ1) is 27.0. The summed E-state index contributed by atoms with van der Waals surface area (Å²) >= 11 is 0. The van der Waals surface area contributed by atoms with Crippen molar-refractivity contribution in [3.05, 3.63) is 77.2 Å². The van der Waals surface area contributed by atoms with Gasteiger partial charge < -0.3 is 5.32 Å². The molecule has 11 nitrogen and oxygen atoms in total. The number of carbonyl (C=O) groups is 1. The summed E-state index contributed by atoms with van der Waals surface area (Å²) in [5.74, 6) is 1.57. The summed E-state index contributed by atoms with van der Waals surface area (Å²) in [6, 6.07) is 13.0. The minimum absolute atomic E-state index is 0.0619. The largest absolute Gasteiger partial charge is 0.324 e. The summed E-state index contributed by atoms with van der Waals surface area (Å²) in [5.41, 5.74) is 1.92. The van der Waals surface area contributed by atoms with Gasteiger partial charge >= 0.3 is 0 Å². The Morgan fingerprint density at radius 2 is 1.90 bits per heavy atom. The van der Waals surface area contributed by atoms with E-state index in [0.29, 0.717) is 40.8 Å². The standard InChI is InChI=1S/C29H32N8O3S/c1-4-13-36-28(39)22-18-30-29(33-27(22)37(36)25-10-6-9-24(32-25)34-41(2,3)40)31-21-8-5-7-19(16-21)17-23-26(38)20-11-14-35(23)15-12-20/h4-10,16,18,20,23H,1,11-15,17H2,2-3H3,(H,30,31,33). The molecule has 41 heavy (non-hydrogen) atoms. The summed E-state index contributed by atoms with van der Waals surface area (Å²) in [6.45, 7) is 5.98. The summed E-state index contributed by atoms with van der Waals surface area (Å²) in [6.07, 6.45) is 8.81. The van der Waals surface area contributed by atoms with Crippen LogP contribution in [0.3, 0.4) is 0 Å². The molecule has 3 fully saturated rings. The van der Waals surface area contributed by atoms with Crippen molar-refractivity contribution in [2.45, 2.75) is 31.8 Å². The minimum Gasteiger partial charge on any atom is -0.324 e. The Hall–Kier alpha value is -4.16. The van der Waals surface area contributed by atoms with Crippen LogP contribution in [0.5, 0.6) is 0 Å². The van der Waals surface area contributed by atoms with Crippen LogP contribution in [0.2, 0.25) is 0 Å². The van der Waals surface area contributed by atoms with E-state index < -0.39 is 9.73 Å². The first-order chi connectivity index (χ1) is 19.7. The second-order valence-corrected chi connectivity index (χ2v) is 13.3. The number of fused-ring (bicyclic) bond motifs is 4. The van der Waals surface area contributed by atoms with Gasteiger partial charge in [0.15, 0.2) is 23.1 Å². The van der Waals surface area contributed by atoms with E-state index in [9.17, 15) is 13.8 Å². The van der Waals surface area contributed by atoms with Crippen molar-refractivity contribution in [1.82, 2.24) is 29.2 Å². The molecule has 6 heterocycles. The summed E-state index contributed by atoms with van der Waals surface area (Å²) < 4.78 is 19.5. The Labute approximate surface area is 238 Å². The molecule has 12 heteroatoms. The van der Waals surface area contributed by atoms with Crippen molar-refractivity contribution < 1.29 is 9.00 Å². The quantitative estimate of drug-likeness (QED) is 0.318. The van der Waals surface area contributed by atoms with Gasteiger partial charge in [-0.2, -0.15) is 9.35 Å². The highest BCUT2D eigenvalue weighted by Gasteiger charge is 2.40. The molecule has 212 valence electrons. The topological polar surface area (TPSA) is 127 Å². The second kappa shape index (κ2) is 10.7. The number of nitrogens with one attached hydrogen (secondary N) is 1. The van der Waals surface area contributed by atoms with Crippen LogP contribution in [-0.4, -0.2) is 70.9 Å². The molecule has 3 aromatic heterocycles. The van der Waals surface area contributed by atoms with E-state index >= 15 is 0 Å². The Morgan fingerprint density at radius 3 is 2.63 bits per heavy atom. The van der Waals surface area contributed by atoms with Crippen LogP contribution < -0.4 is 10.9 Å². The highest BCUT2D eigenvalue weighted by atomic mass is 32.2. The number of hydrogen-bond donors (Lipinski definition) is 1. The Kier molecular flexibility index (Phi) is 7.04. The molecule has 0 aliphatic carbocycles. The number of Topliss-reactive ketones (excluding diaryl/α,β-unsaturated/α-hetero) is 1. The second-order valence-electron chi connectivity index (χ2n) is 10.8. The molecule has 4 aromatic rings. The molecule has 0 saturated carbocycles. The van der Waals surface area contributed by atoms with Crippen LogP contribution in [0, 0.1) is 5.92 Å². The number of allylic oxidation sites excluding steroid dienone is 1. The van der Waals surface area contributed by atoms with E-state index in [4.69, 9.17) is 4.98 Å². The van der Waals surface area contributed by atoms with Gasteiger partial charge in [0.25, 0.3) is 5.56 Å². The fourth-order valence-corrected chi connectivity index (χ4v) is 6.27. The summed E-state index contributed by atoms with van der Waals surface area (Å²) in [7, 11) is -2.43. The summed E-state index contributed by atoms with van der Waals surface area (Å²) in [4.78, 5) is 42.1. The molecule has 0 radical (unpaired) electrons. The fraction of sp³-hybridized carbons (Fsp3) is 0.345. The lowest BCUT2D eigenvalue weighted by Crippen LogP contribution is -2.56. The zero-order chi connectivity index (χ0) is 28.7. The number of pyridine rings is 1. The molecule has 0 amide bonds. The minimum atomic E-state index is -2.43. The van der Waals surface area contributed by atoms with E-state index in [1.54, 1.807) is 29.0 Å². The first-order valence-electron chi connectivity index (χ1n) is 13.6. The Balaban J connectivity index is 1.34. The van der Waals surface area contributed by atoms with Crippen molar-refractivity contribution in [3.8, 4) is 5.82 Å². The Bertz CT molecular complexity index is 1840. The molecular weight excluding hydrogens is 540 g/mol. The third kappa shape index (κ3) is 5.44. The van der Waals surface area contributed by atoms with E-state index in [1.165, 1.54) is 23.4 Å². The third-order valence-electron chi connectivity index (χ3n) is 7.54. The SMILES string of the molecule is C=CCn1c(=O)c2cnc(Nc3cccc(CC4C(=O)C5CCN4CC5)c3)nc2n1-c1cccc(N=S(C)(C)=O)n1. The average molecular weight is 573 g/mol. The van der Waals surface area contributed by atoms with Gasteiger partial charge in [-0.1, -0.05) is 24.3 Å².